The highest BCUT2D eigenvalue weighted by Gasteiger charge is 2.25. The van der Waals surface area contributed by atoms with E-state index in [-0.39, 0.29) is 0 Å². The van der Waals surface area contributed by atoms with Crippen molar-refractivity contribution in [3.05, 3.63) is 65.7 Å². The summed E-state index contributed by atoms with van der Waals surface area (Å²) < 4.78 is 5.84. The van der Waals surface area contributed by atoms with E-state index in [9.17, 15) is 0 Å². The van der Waals surface area contributed by atoms with Crippen LogP contribution in [-0.2, 0) is 11.2 Å². The van der Waals surface area contributed by atoms with Crippen molar-refractivity contribution >= 4 is 22.6 Å². The van der Waals surface area contributed by atoms with Crippen LogP contribution in [0.15, 0.2) is 59.6 Å². The molecule has 5 heteroatoms. The number of piperidine rings is 1. The van der Waals surface area contributed by atoms with Crippen molar-refractivity contribution in [1.29, 1.82) is 0 Å². The van der Waals surface area contributed by atoms with Gasteiger partial charge in [-0.3, -0.25) is 4.99 Å². The lowest BCUT2D eigenvalue weighted by atomic mass is 10.1. The summed E-state index contributed by atoms with van der Waals surface area (Å²) in [7, 11) is 0. The van der Waals surface area contributed by atoms with E-state index in [4.69, 9.17) is 9.73 Å². The van der Waals surface area contributed by atoms with E-state index >= 15 is 0 Å². The molecule has 0 aliphatic carbocycles. The minimum Gasteiger partial charge on any atom is -0.381 e. The van der Waals surface area contributed by atoms with Crippen LogP contribution in [0.25, 0.3) is 0 Å². The molecule has 1 fully saturated rings. The molecule has 2 aliphatic rings. The molecule has 2 heterocycles. The number of nitrogens with one attached hydrogen (secondary N) is 1. The van der Waals surface area contributed by atoms with Crippen LogP contribution in [0, 0.1) is 0 Å². The SMILES string of the molecule is CCC1SC(=NC2CCN(CCCOCCc3ccccc3)CC2)Nc2ccccc21. The fraction of sp³-hybridized carbons (Fsp3) is 0.500. The van der Waals surface area contributed by atoms with Gasteiger partial charge in [0, 0.05) is 37.2 Å². The van der Waals surface area contributed by atoms with E-state index in [0.29, 0.717) is 11.3 Å². The van der Waals surface area contributed by atoms with Crippen molar-refractivity contribution in [3.8, 4) is 0 Å². The van der Waals surface area contributed by atoms with E-state index in [2.05, 4.69) is 71.7 Å². The Balaban J connectivity index is 1.14. The van der Waals surface area contributed by atoms with Gasteiger partial charge in [0.1, 0.15) is 0 Å². The highest BCUT2D eigenvalue weighted by Crippen LogP contribution is 2.41. The first-order chi connectivity index (χ1) is 15.3. The molecule has 0 radical (unpaired) electrons. The van der Waals surface area contributed by atoms with Gasteiger partial charge in [0.2, 0.25) is 0 Å². The zero-order valence-corrected chi connectivity index (χ0v) is 19.4. The minimum absolute atomic E-state index is 0.441. The summed E-state index contributed by atoms with van der Waals surface area (Å²) in [6, 6.07) is 19.7. The van der Waals surface area contributed by atoms with Crippen LogP contribution in [-0.4, -0.2) is 49.0 Å². The third kappa shape index (κ3) is 6.58. The average molecular weight is 438 g/mol. The molecular formula is C26H35N3OS. The molecule has 0 spiro atoms. The number of likely N-dealkylation sites (tertiary alicyclic amines) is 1. The molecule has 2 aliphatic heterocycles. The van der Waals surface area contributed by atoms with E-state index in [1.807, 2.05) is 11.8 Å². The second kappa shape index (κ2) is 11.7. The maximum absolute atomic E-state index is 5.84. The number of hydrogen-bond donors (Lipinski definition) is 1. The summed E-state index contributed by atoms with van der Waals surface area (Å²) in [4.78, 5) is 7.67. The molecule has 1 atom stereocenters. The molecule has 4 nitrogen and oxygen atoms in total. The third-order valence-electron chi connectivity index (χ3n) is 6.17. The molecular weight excluding hydrogens is 402 g/mol. The van der Waals surface area contributed by atoms with Gasteiger partial charge in [-0.1, -0.05) is 67.2 Å². The largest absolute Gasteiger partial charge is 0.381 e. The van der Waals surface area contributed by atoms with Crippen LogP contribution in [0.2, 0.25) is 0 Å². The predicted molar refractivity (Wildman–Crippen MR) is 133 cm³/mol. The summed E-state index contributed by atoms with van der Waals surface area (Å²) in [5.74, 6) is 0. The first-order valence-electron chi connectivity index (χ1n) is 11.8. The van der Waals surface area contributed by atoms with Crippen molar-refractivity contribution in [2.45, 2.75) is 50.3 Å². The molecule has 166 valence electrons. The second-order valence-electron chi connectivity index (χ2n) is 8.44. The topological polar surface area (TPSA) is 36.9 Å². The number of amidine groups is 1. The molecule has 1 N–H and O–H groups in total. The number of ether oxygens (including phenoxy) is 1. The molecule has 2 aromatic rings. The van der Waals surface area contributed by atoms with Gasteiger partial charge >= 0.3 is 0 Å². The fourth-order valence-corrected chi connectivity index (χ4v) is 5.51. The van der Waals surface area contributed by atoms with Gasteiger partial charge in [-0.25, -0.2) is 0 Å². The van der Waals surface area contributed by atoms with E-state index in [1.54, 1.807) is 0 Å². The van der Waals surface area contributed by atoms with Gasteiger partial charge in [-0.2, -0.15) is 0 Å². The van der Waals surface area contributed by atoms with Gasteiger partial charge in [0.05, 0.1) is 12.6 Å². The lowest BCUT2D eigenvalue weighted by Gasteiger charge is -2.32. The summed E-state index contributed by atoms with van der Waals surface area (Å²) in [6.45, 7) is 7.35. The Hall–Kier alpha value is -1.82. The van der Waals surface area contributed by atoms with Crippen molar-refractivity contribution in [3.63, 3.8) is 0 Å². The zero-order chi connectivity index (χ0) is 21.3. The molecule has 31 heavy (non-hydrogen) atoms. The summed E-state index contributed by atoms with van der Waals surface area (Å²) >= 11 is 1.90. The maximum Gasteiger partial charge on any atom is 0.161 e. The van der Waals surface area contributed by atoms with Crippen LogP contribution in [0.3, 0.4) is 0 Å². The lowest BCUT2D eigenvalue weighted by molar-refractivity contribution is 0.118. The quantitative estimate of drug-likeness (QED) is 0.506. The number of anilines is 1. The molecule has 0 saturated carbocycles. The number of para-hydroxylation sites is 1. The Bertz CT molecular complexity index is 834. The second-order valence-corrected chi connectivity index (χ2v) is 9.63. The molecule has 4 rings (SSSR count). The third-order valence-corrected chi connectivity index (χ3v) is 7.47. The number of hydrogen-bond acceptors (Lipinski definition) is 4. The average Bonchev–Trinajstić information content (AvgIpc) is 2.82. The van der Waals surface area contributed by atoms with Gasteiger partial charge in [-0.15, -0.1) is 0 Å². The number of rotatable bonds is 9. The number of nitrogens with zero attached hydrogens (tertiary/aromatic N) is 2. The molecule has 1 saturated heterocycles. The molecule has 2 aromatic carbocycles. The first kappa shape index (κ1) is 22.4. The monoisotopic (exact) mass is 437 g/mol. The Labute approximate surface area is 191 Å². The molecule has 0 aromatic heterocycles. The van der Waals surface area contributed by atoms with Crippen molar-refractivity contribution in [1.82, 2.24) is 4.90 Å². The maximum atomic E-state index is 5.84. The lowest BCUT2D eigenvalue weighted by Crippen LogP contribution is -2.37. The number of fused-ring (bicyclic) bond motifs is 1. The normalized spacial score (nSPS) is 21.1. The van der Waals surface area contributed by atoms with Crippen LogP contribution in [0.1, 0.15) is 49.0 Å². The molecule has 1 unspecified atom stereocenters. The number of benzene rings is 2. The van der Waals surface area contributed by atoms with Crippen molar-refractivity contribution in [2.24, 2.45) is 4.99 Å². The Kier molecular flexibility index (Phi) is 8.45. The van der Waals surface area contributed by atoms with E-state index in [0.717, 1.165) is 70.1 Å². The minimum atomic E-state index is 0.441. The van der Waals surface area contributed by atoms with Crippen LogP contribution in [0.5, 0.6) is 0 Å². The van der Waals surface area contributed by atoms with Gasteiger partial charge in [-0.05, 0) is 49.3 Å². The van der Waals surface area contributed by atoms with Crippen LogP contribution < -0.4 is 5.32 Å². The Morgan fingerprint density at radius 1 is 1.03 bits per heavy atom. The zero-order valence-electron chi connectivity index (χ0n) is 18.6. The number of aliphatic imine (C=N–C) groups is 1. The van der Waals surface area contributed by atoms with Crippen molar-refractivity contribution in [2.75, 3.05) is 38.2 Å². The predicted octanol–water partition coefficient (Wildman–Crippen LogP) is 5.77. The van der Waals surface area contributed by atoms with Crippen molar-refractivity contribution < 1.29 is 4.74 Å². The fourth-order valence-electron chi connectivity index (χ4n) is 4.37. The summed E-state index contributed by atoms with van der Waals surface area (Å²) in [5, 5.41) is 5.19. The van der Waals surface area contributed by atoms with E-state index < -0.39 is 0 Å². The van der Waals surface area contributed by atoms with Crippen LogP contribution in [0.4, 0.5) is 5.69 Å². The van der Waals surface area contributed by atoms with Crippen LogP contribution >= 0.6 is 11.8 Å². The van der Waals surface area contributed by atoms with Gasteiger partial charge in [0.15, 0.2) is 5.17 Å². The standard InChI is InChI=1S/C26H35N3OS/c1-2-25-23-11-6-7-12-24(23)28-26(31-25)27-22-13-17-29(18-14-22)16-8-19-30-20-15-21-9-4-3-5-10-21/h3-7,9-12,22,25H,2,8,13-20H2,1H3,(H,27,28). The molecule has 0 bridgehead atoms. The Morgan fingerprint density at radius 2 is 1.81 bits per heavy atom. The summed E-state index contributed by atoms with van der Waals surface area (Å²) in [5.41, 5.74) is 4.00. The summed E-state index contributed by atoms with van der Waals surface area (Å²) in [6.07, 6.45) is 5.55. The highest BCUT2D eigenvalue weighted by atomic mass is 32.2. The van der Waals surface area contributed by atoms with Gasteiger partial charge in [0.25, 0.3) is 0 Å². The first-order valence-corrected chi connectivity index (χ1v) is 12.6. The van der Waals surface area contributed by atoms with E-state index in [1.165, 1.54) is 16.8 Å². The van der Waals surface area contributed by atoms with Gasteiger partial charge < -0.3 is 15.0 Å². The molecule has 0 amide bonds. The number of thioether (sulfide) groups is 1. The highest BCUT2D eigenvalue weighted by molar-refractivity contribution is 8.14. The smallest absolute Gasteiger partial charge is 0.161 e. The Morgan fingerprint density at radius 3 is 2.61 bits per heavy atom.